The van der Waals surface area contributed by atoms with Crippen LogP contribution in [-0.2, 0) is 0 Å². The third kappa shape index (κ3) is 2.28. The van der Waals surface area contributed by atoms with E-state index in [2.05, 4.69) is 6.58 Å². The molecule has 0 saturated carbocycles. The summed E-state index contributed by atoms with van der Waals surface area (Å²) in [4.78, 5) is 0. The van der Waals surface area contributed by atoms with Gasteiger partial charge >= 0.3 is 0 Å². The van der Waals surface area contributed by atoms with E-state index in [1.807, 2.05) is 25.1 Å². The maximum atomic E-state index is 5.84. The Kier molecular flexibility index (Phi) is 3.18. The van der Waals surface area contributed by atoms with Crippen LogP contribution in [0.1, 0.15) is 5.56 Å². The lowest BCUT2D eigenvalue weighted by Gasteiger charge is -2.04. The molecular weight excluding hydrogens is 172 g/mol. The second-order valence-electron chi connectivity index (χ2n) is 2.51. The normalized spacial score (nSPS) is 9.50. The minimum absolute atomic E-state index is 0.529. The monoisotopic (exact) mass is 182 g/mol. The van der Waals surface area contributed by atoms with E-state index in [1.54, 1.807) is 6.08 Å². The van der Waals surface area contributed by atoms with Gasteiger partial charge in [0.2, 0.25) is 0 Å². The molecule has 0 aliphatic heterocycles. The molecule has 0 saturated heterocycles. The van der Waals surface area contributed by atoms with E-state index in [1.165, 1.54) is 0 Å². The Morgan fingerprint density at radius 3 is 2.92 bits per heavy atom. The van der Waals surface area contributed by atoms with E-state index in [0.717, 1.165) is 16.3 Å². The number of rotatable bonds is 3. The Balaban J connectivity index is 2.75. The first-order chi connectivity index (χ1) is 5.74. The summed E-state index contributed by atoms with van der Waals surface area (Å²) in [6.45, 7) is 6.04. The van der Waals surface area contributed by atoms with Gasteiger partial charge < -0.3 is 4.74 Å². The number of hydrogen-bond acceptors (Lipinski definition) is 1. The van der Waals surface area contributed by atoms with Gasteiger partial charge in [-0.2, -0.15) is 0 Å². The number of halogens is 1. The largest absolute Gasteiger partial charge is 0.490 e. The highest BCUT2D eigenvalue weighted by Crippen LogP contribution is 2.20. The minimum atomic E-state index is 0.529. The molecule has 0 spiro atoms. The summed E-state index contributed by atoms with van der Waals surface area (Å²) in [5.41, 5.74) is 1.03. The van der Waals surface area contributed by atoms with E-state index >= 15 is 0 Å². The quantitative estimate of drug-likeness (QED) is 0.653. The van der Waals surface area contributed by atoms with Crippen LogP contribution >= 0.6 is 11.6 Å². The fraction of sp³-hybridized carbons (Fsp3) is 0.200. The SMILES string of the molecule is C=CCOc1ccc(Cl)c(C)c1. The Morgan fingerprint density at radius 1 is 1.58 bits per heavy atom. The summed E-state index contributed by atoms with van der Waals surface area (Å²) in [6.07, 6.45) is 1.71. The van der Waals surface area contributed by atoms with Crippen molar-refractivity contribution < 1.29 is 4.74 Å². The Hall–Kier alpha value is -0.950. The average molecular weight is 183 g/mol. The van der Waals surface area contributed by atoms with Gasteiger partial charge in [0.15, 0.2) is 0 Å². The van der Waals surface area contributed by atoms with E-state index in [-0.39, 0.29) is 0 Å². The van der Waals surface area contributed by atoms with Crippen molar-refractivity contribution in [3.8, 4) is 5.75 Å². The average Bonchev–Trinajstić information content (AvgIpc) is 2.07. The number of benzene rings is 1. The molecule has 0 atom stereocenters. The molecule has 64 valence electrons. The lowest BCUT2D eigenvalue weighted by molar-refractivity contribution is 0.363. The van der Waals surface area contributed by atoms with Crippen molar-refractivity contribution in [3.63, 3.8) is 0 Å². The summed E-state index contributed by atoms with van der Waals surface area (Å²) >= 11 is 5.84. The lowest BCUT2D eigenvalue weighted by Crippen LogP contribution is -1.92. The van der Waals surface area contributed by atoms with Crippen molar-refractivity contribution in [1.29, 1.82) is 0 Å². The van der Waals surface area contributed by atoms with E-state index in [4.69, 9.17) is 16.3 Å². The van der Waals surface area contributed by atoms with Crippen molar-refractivity contribution in [2.45, 2.75) is 6.92 Å². The van der Waals surface area contributed by atoms with E-state index in [0.29, 0.717) is 6.61 Å². The predicted octanol–water partition coefficient (Wildman–Crippen LogP) is 3.21. The van der Waals surface area contributed by atoms with Crippen LogP contribution in [-0.4, -0.2) is 6.61 Å². The summed E-state index contributed by atoms with van der Waals surface area (Å²) in [5, 5.41) is 0.765. The zero-order valence-corrected chi connectivity index (χ0v) is 7.77. The molecule has 12 heavy (non-hydrogen) atoms. The molecule has 0 bridgehead atoms. The van der Waals surface area contributed by atoms with Crippen molar-refractivity contribution in [1.82, 2.24) is 0 Å². The highest BCUT2D eigenvalue weighted by molar-refractivity contribution is 6.31. The molecule has 0 unspecified atom stereocenters. The molecular formula is C10H11ClO. The highest BCUT2D eigenvalue weighted by Gasteiger charge is 1.96. The first kappa shape index (κ1) is 9.14. The number of ether oxygens (including phenoxy) is 1. The maximum Gasteiger partial charge on any atom is 0.120 e. The van der Waals surface area contributed by atoms with Crippen molar-refractivity contribution in [2.24, 2.45) is 0 Å². The molecule has 0 heterocycles. The summed E-state index contributed by atoms with van der Waals surface area (Å²) in [7, 11) is 0. The zero-order chi connectivity index (χ0) is 8.97. The predicted molar refractivity (Wildman–Crippen MR) is 51.9 cm³/mol. The van der Waals surface area contributed by atoms with Gasteiger partial charge in [0.1, 0.15) is 12.4 Å². The summed E-state index contributed by atoms with van der Waals surface area (Å²) < 4.78 is 5.31. The van der Waals surface area contributed by atoms with Crippen LogP contribution in [0.25, 0.3) is 0 Å². The van der Waals surface area contributed by atoms with Crippen LogP contribution < -0.4 is 4.74 Å². The van der Waals surface area contributed by atoms with Gasteiger partial charge in [0.25, 0.3) is 0 Å². The topological polar surface area (TPSA) is 9.23 Å². The van der Waals surface area contributed by atoms with Crippen LogP contribution in [0, 0.1) is 6.92 Å². The Labute approximate surface area is 77.6 Å². The lowest BCUT2D eigenvalue weighted by atomic mass is 10.2. The van der Waals surface area contributed by atoms with Gasteiger partial charge in [-0.05, 0) is 30.7 Å². The molecule has 1 aromatic rings. The van der Waals surface area contributed by atoms with Gasteiger partial charge in [-0.25, -0.2) is 0 Å². The molecule has 2 heteroatoms. The van der Waals surface area contributed by atoms with Crippen LogP contribution in [0.15, 0.2) is 30.9 Å². The summed E-state index contributed by atoms with van der Waals surface area (Å²) in [5.74, 6) is 0.830. The fourth-order valence-electron chi connectivity index (χ4n) is 0.862. The van der Waals surface area contributed by atoms with Gasteiger partial charge in [0, 0.05) is 5.02 Å². The van der Waals surface area contributed by atoms with Crippen molar-refractivity contribution in [2.75, 3.05) is 6.61 Å². The second kappa shape index (κ2) is 4.17. The van der Waals surface area contributed by atoms with Crippen LogP contribution in [0.2, 0.25) is 5.02 Å². The maximum absolute atomic E-state index is 5.84. The van der Waals surface area contributed by atoms with Crippen LogP contribution in [0.5, 0.6) is 5.75 Å². The van der Waals surface area contributed by atoms with Gasteiger partial charge in [-0.15, -0.1) is 0 Å². The summed E-state index contributed by atoms with van der Waals surface area (Å²) in [6, 6.07) is 5.58. The third-order valence-corrected chi connectivity index (χ3v) is 1.92. The Bertz CT molecular complexity index is 281. The highest BCUT2D eigenvalue weighted by atomic mass is 35.5. The van der Waals surface area contributed by atoms with Gasteiger partial charge in [0.05, 0.1) is 0 Å². The first-order valence-electron chi connectivity index (χ1n) is 3.74. The van der Waals surface area contributed by atoms with E-state index < -0.39 is 0 Å². The molecule has 0 aliphatic rings. The minimum Gasteiger partial charge on any atom is -0.490 e. The van der Waals surface area contributed by atoms with Crippen LogP contribution in [0.4, 0.5) is 0 Å². The molecule has 1 nitrogen and oxygen atoms in total. The molecule has 0 aliphatic carbocycles. The van der Waals surface area contributed by atoms with Gasteiger partial charge in [-0.3, -0.25) is 0 Å². The number of hydrogen-bond donors (Lipinski definition) is 0. The molecule has 1 rings (SSSR count). The third-order valence-electron chi connectivity index (χ3n) is 1.50. The molecule has 0 amide bonds. The van der Waals surface area contributed by atoms with Crippen molar-refractivity contribution >= 4 is 11.6 Å². The van der Waals surface area contributed by atoms with E-state index in [9.17, 15) is 0 Å². The number of aryl methyl sites for hydroxylation is 1. The Morgan fingerprint density at radius 2 is 2.33 bits per heavy atom. The first-order valence-corrected chi connectivity index (χ1v) is 4.11. The van der Waals surface area contributed by atoms with Crippen LogP contribution in [0.3, 0.4) is 0 Å². The standard InChI is InChI=1S/C10H11ClO/c1-3-6-12-9-4-5-10(11)8(2)7-9/h3-5,7H,1,6H2,2H3. The fourth-order valence-corrected chi connectivity index (χ4v) is 0.980. The molecule has 0 aromatic heterocycles. The van der Waals surface area contributed by atoms with Gasteiger partial charge in [-0.1, -0.05) is 24.3 Å². The smallest absolute Gasteiger partial charge is 0.120 e. The zero-order valence-electron chi connectivity index (χ0n) is 7.01. The molecule has 0 N–H and O–H groups in total. The molecule has 0 radical (unpaired) electrons. The molecule has 0 fully saturated rings. The molecule has 1 aromatic carbocycles. The second-order valence-corrected chi connectivity index (χ2v) is 2.92. The van der Waals surface area contributed by atoms with Crippen molar-refractivity contribution in [3.05, 3.63) is 41.4 Å².